The molecular weight excluding hydrogens is 769 g/mol. The Morgan fingerprint density at radius 2 is 1.29 bits per heavy atom. The number of aliphatic imine (C=N–C) groups is 1. The highest BCUT2D eigenvalue weighted by Crippen LogP contribution is 2.67. The summed E-state index contributed by atoms with van der Waals surface area (Å²) in [6, 6.07) is 57.4. The maximum Gasteiger partial charge on any atom is 0.144 e. The Morgan fingerprint density at radius 3 is 2.08 bits per heavy atom. The monoisotopic (exact) mass is 810 g/mol. The summed E-state index contributed by atoms with van der Waals surface area (Å²) in [5, 5.41) is 7.43. The average Bonchev–Trinajstić information content (AvgIpc) is 4.06. The van der Waals surface area contributed by atoms with E-state index in [-0.39, 0.29) is 17.8 Å². The molecule has 4 aliphatic carbocycles. The van der Waals surface area contributed by atoms with Crippen LogP contribution in [0, 0.1) is 11.8 Å². The predicted octanol–water partition coefficient (Wildman–Crippen LogP) is 14.2. The van der Waals surface area contributed by atoms with Gasteiger partial charge in [0.2, 0.25) is 0 Å². The van der Waals surface area contributed by atoms with Crippen molar-refractivity contribution in [3.05, 3.63) is 226 Å². The van der Waals surface area contributed by atoms with Crippen LogP contribution in [0.25, 0.3) is 66.9 Å². The fraction of sp³-hybridized carbons (Fsp3) is 0.136. The Bertz CT molecular complexity index is 3530. The van der Waals surface area contributed by atoms with E-state index in [0.29, 0.717) is 0 Å². The number of para-hydroxylation sites is 3. The summed E-state index contributed by atoms with van der Waals surface area (Å²) in [7, 11) is 0. The highest BCUT2D eigenvalue weighted by atomic mass is 16.3. The van der Waals surface area contributed by atoms with E-state index in [1.165, 1.54) is 49.9 Å². The van der Waals surface area contributed by atoms with Gasteiger partial charge in [-0.2, -0.15) is 0 Å². The standard InChI is InChI=1S/C59H42N2O2/c1-34-15-14-32-58(2)52(34)53(45-24-13-23-42-41-22-12-21-37(54(41)63-55(42)45)35-16-4-3-5-17-35)60-57(61-58)36-28-29-44-49(33-36)59(46-25-9-6-18-38(46)39-19-7-10-26-47(39)59)48-31-30-43-40-20-8-11-27-50(40)62-56(43)51(44)48/h3-14,16-34,48,51H,15H2,1-2H3,(H,60,61). The fourth-order valence-corrected chi connectivity index (χ4v) is 12.6. The zero-order chi connectivity index (χ0) is 41.6. The van der Waals surface area contributed by atoms with Gasteiger partial charge >= 0.3 is 0 Å². The maximum absolute atomic E-state index is 7.06. The maximum atomic E-state index is 7.06. The number of nitrogens with zero attached hydrogens (tertiary/aromatic N) is 1. The van der Waals surface area contributed by atoms with Gasteiger partial charge in [-0.3, -0.25) is 4.99 Å². The van der Waals surface area contributed by atoms with Gasteiger partial charge in [-0.1, -0.05) is 171 Å². The number of hydrogen-bond acceptors (Lipinski definition) is 4. The van der Waals surface area contributed by atoms with Crippen LogP contribution in [0.4, 0.5) is 0 Å². The van der Waals surface area contributed by atoms with Crippen molar-refractivity contribution in [3.63, 3.8) is 0 Å². The molecule has 14 rings (SSSR count). The van der Waals surface area contributed by atoms with Crippen LogP contribution in [0.3, 0.4) is 0 Å². The number of hydrogen-bond donors (Lipinski definition) is 1. The molecule has 1 N–H and O–H groups in total. The lowest BCUT2D eigenvalue weighted by Crippen LogP contribution is -2.41. The summed E-state index contributed by atoms with van der Waals surface area (Å²) in [6.07, 6.45) is 10.4. The van der Waals surface area contributed by atoms with Crippen molar-refractivity contribution in [2.24, 2.45) is 16.8 Å². The van der Waals surface area contributed by atoms with Crippen molar-refractivity contribution < 1.29 is 8.83 Å². The van der Waals surface area contributed by atoms with Crippen molar-refractivity contribution in [3.8, 4) is 22.3 Å². The Morgan fingerprint density at radius 1 is 0.619 bits per heavy atom. The molecular formula is C59H42N2O2. The first-order chi connectivity index (χ1) is 31.0. The van der Waals surface area contributed by atoms with Gasteiger partial charge in [-0.25, -0.2) is 0 Å². The molecule has 0 radical (unpaired) electrons. The lowest BCUT2D eigenvalue weighted by Gasteiger charge is -2.40. The predicted molar refractivity (Wildman–Crippen MR) is 256 cm³/mol. The van der Waals surface area contributed by atoms with Crippen molar-refractivity contribution in [2.75, 3.05) is 0 Å². The minimum absolute atomic E-state index is 0.0371. The van der Waals surface area contributed by atoms with Crippen molar-refractivity contribution in [1.82, 2.24) is 5.32 Å². The van der Waals surface area contributed by atoms with Crippen molar-refractivity contribution in [2.45, 2.75) is 37.1 Å². The Hall–Kier alpha value is -7.43. The number of nitrogens with one attached hydrogen (secondary N) is 1. The summed E-state index contributed by atoms with van der Waals surface area (Å²) in [6.45, 7) is 4.61. The number of rotatable bonds is 3. The molecule has 4 unspecified atom stereocenters. The summed E-state index contributed by atoms with van der Waals surface area (Å²) in [5.41, 5.74) is 17.6. The summed E-state index contributed by atoms with van der Waals surface area (Å²) in [5.74, 6) is 2.34. The van der Waals surface area contributed by atoms with E-state index in [1.807, 2.05) is 0 Å². The molecule has 4 atom stereocenters. The topological polar surface area (TPSA) is 50.7 Å². The molecule has 9 aromatic rings. The van der Waals surface area contributed by atoms with Crippen LogP contribution in [0.5, 0.6) is 0 Å². The molecule has 4 heteroatoms. The molecule has 4 nitrogen and oxygen atoms in total. The molecule has 7 aromatic carbocycles. The zero-order valence-electron chi connectivity index (χ0n) is 35.0. The third kappa shape index (κ3) is 4.57. The summed E-state index contributed by atoms with van der Waals surface area (Å²) in [4.78, 5) is 5.69. The van der Waals surface area contributed by atoms with E-state index in [9.17, 15) is 0 Å². The Kier molecular flexibility index (Phi) is 7.03. The van der Waals surface area contributed by atoms with Crippen molar-refractivity contribution >= 4 is 50.5 Å². The van der Waals surface area contributed by atoms with Gasteiger partial charge in [-0.15, -0.1) is 0 Å². The van der Waals surface area contributed by atoms with Crippen LogP contribution >= 0.6 is 0 Å². The molecule has 63 heavy (non-hydrogen) atoms. The first-order valence-corrected chi connectivity index (χ1v) is 22.3. The number of amidine groups is 1. The highest BCUT2D eigenvalue weighted by molar-refractivity contribution is 6.14. The molecule has 2 aromatic heterocycles. The average molecular weight is 811 g/mol. The number of furan rings is 2. The largest absolute Gasteiger partial charge is 0.460 e. The summed E-state index contributed by atoms with van der Waals surface area (Å²) >= 11 is 0. The fourth-order valence-electron chi connectivity index (χ4n) is 12.6. The Balaban J connectivity index is 0.983. The lowest BCUT2D eigenvalue weighted by molar-refractivity contribution is 0.408. The third-order valence-electron chi connectivity index (χ3n) is 15.1. The molecule has 1 spiro atoms. The second-order valence-electron chi connectivity index (χ2n) is 18.3. The molecule has 0 amide bonds. The van der Waals surface area contributed by atoms with Crippen LogP contribution in [0.1, 0.15) is 70.9 Å². The van der Waals surface area contributed by atoms with E-state index in [2.05, 4.69) is 201 Å². The van der Waals surface area contributed by atoms with Crippen molar-refractivity contribution in [1.29, 1.82) is 0 Å². The van der Waals surface area contributed by atoms with E-state index in [1.54, 1.807) is 0 Å². The Labute approximate surface area is 365 Å². The second kappa shape index (κ2) is 12.6. The zero-order valence-corrected chi connectivity index (χ0v) is 35.0. The SMILES string of the molecule is CC1CC=CC2(C)N=C(c3ccc4c(c3)C3(c5ccccc5-c5ccccc53)C3C=Cc5c(oc6ccccc56)C43)NC(c3cccc4c3oc3c(-c5ccccc5)cccc34)=C12. The van der Waals surface area contributed by atoms with Crippen LogP contribution in [0.15, 0.2) is 195 Å². The third-order valence-corrected chi connectivity index (χ3v) is 15.1. The molecule has 0 fully saturated rings. The van der Waals surface area contributed by atoms with Gasteiger partial charge in [0, 0.05) is 44.3 Å². The molecule has 0 saturated heterocycles. The molecule has 5 aliphatic rings. The number of benzene rings is 7. The lowest BCUT2D eigenvalue weighted by atomic mass is 9.64. The van der Waals surface area contributed by atoms with Gasteiger partial charge in [0.1, 0.15) is 33.9 Å². The van der Waals surface area contributed by atoms with Gasteiger partial charge in [0.15, 0.2) is 0 Å². The highest BCUT2D eigenvalue weighted by Gasteiger charge is 2.59. The van der Waals surface area contributed by atoms with Gasteiger partial charge in [0.05, 0.1) is 17.0 Å². The molecule has 3 heterocycles. The second-order valence-corrected chi connectivity index (χ2v) is 18.3. The van der Waals surface area contributed by atoms with Crippen LogP contribution in [-0.2, 0) is 5.41 Å². The number of allylic oxidation sites excluding steroid dienone is 2. The smallest absolute Gasteiger partial charge is 0.144 e. The minimum Gasteiger partial charge on any atom is -0.460 e. The normalized spacial score (nSPS) is 22.1. The first kappa shape index (κ1) is 35.2. The van der Waals surface area contributed by atoms with Crippen LogP contribution < -0.4 is 5.32 Å². The van der Waals surface area contributed by atoms with E-state index >= 15 is 0 Å². The molecule has 300 valence electrons. The summed E-state index contributed by atoms with van der Waals surface area (Å²) < 4.78 is 14.0. The van der Waals surface area contributed by atoms with E-state index < -0.39 is 11.0 Å². The molecule has 1 aliphatic heterocycles. The number of fused-ring (bicyclic) bond motifs is 18. The molecule has 0 saturated carbocycles. The van der Waals surface area contributed by atoms with Gasteiger partial charge in [0.25, 0.3) is 0 Å². The van der Waals surface area contributed by atoms with Gasteiger partial charge in [-0.05, 0) is 82.0 Å². The quantitative estimate of drug-likeness (QED) is 0.181. The van der Waals surface area contributed by atoms with Crippen LogP contribution in [0.2, 0.25) is 0 Å². The van der Waals surface area contributed by atoms with Crippen LogP contribution in [-0.4, -0.2) is 11.4 Å². The van der Waals surface area contributed by atoms with Gasteiger partial charge < -0.3 is 14.2 Å². The minimum atomic E-state index is -0.555. The first-order valence-electron chi connectivity index (χ1n) is 22.3. The van der Waals surface area contributed by atoms with E-state index in [0.717, 1.165) is 73.5 Å². The van der Waals surface area contributed by atoms with E-state index in [4.69, 9.17) is 13.8 Å². The molecule has 0 bridgehead atoms.